The van der Waals surface area contributed by atoms with Gasteiger partial charge in [0.1, 0.15) is 0 Å². The fourth-order valence-electron chi connectivity index (χ4n) is 3.86. The summed E-state index contributed by atoms with van der Waals surface area (Å²) >= 11 is 1.49. The van der Waals surface area contributed by atoms with Gasteiger partial charge in [-0.3, -0.25) is 9.59 Å². The van der Waals surface area contributed by atoms with Crippen LogP contribution in [0.1, 0.15) is 28.9 Å². The van der Waals surface area contributed by atoms with Gasteiger partial charge in [-0.1, -0.05) is 6.07 Å². The Morgan fingerprint density at radius 2 is 1.67 bits per heavy atom. The molecule has 2 amide bonds. The van der Waals surface area contributed by atoms with Gasteiger partial charge in [-0.25, -0.2) is 0 Å². The monoisotopic (exact) mass is 304 g/mol. The van der Waals surface area contributed by atoms with Gasteiger partial charge in [0.2, 0.25) is 5.91 Å². The molecule has 3 fully saturated rings. The molecule has 2 saturated carbocycles. The largest absolute Gasteiger partial charge is 0.339 e. The SMILES string of the molecule is O=C(c1cccs1)N1CCN(C(=O)C2CC3CC3C2)CC1. The molecule has 2 atom stereocenters. The zero-order valence-electron chi connectivity index (χ0n) is 12.0. The molecule has 112 valence electrons. The summed E-state index contributed by atoms with van der Waals surface area (Å²) in [5.74, 6) is 2.42. The lowest BCUT2D eigenvalue weighted by atomic mass is 10.0. The van der Waals surface area contributed by atoms with Crippen molar-refractivity contribution in [2.75, 3.05) is 26.2 Å². The highest BCUT2D eigenvalue weighted by molar-refractivity contribution is 7.12. The van der Waals surface area contributed by atoms with E-state index in [2.05, 4.69) is 0 Å². The van der Waals surface area contributed by atoms with Crippen molar-refractivity contribution in [3.63, 3.8) is 0 Å². The van der Waals surface area contributed by atoms with Crippen LogP contribution in [0.15, 0.2) is 17.5 Å². The van der Waals surface area contributed by atoms with E-state index in [1.165, 1.54) is 17.8 Å². The molecule has 0 bridgehead atoms. The van der Waals surface area contributed by atoms with Crippen LogP contribution in [0.3, 0.4) is 0 Å². The highest BCUT2D eigenvalue weighted by Crippen LogP contribution is 2.54. The van der Waals surface area contributed by atoms with Crippen molar-refractivity contribution in [1.82, 2.24) is 9.80 Å². The number of hydrogen-bond donors (Lipinski definition) is 0. The molecule has 0 aromatic carbocycles. The summed E-state index contributed by atoms with van der Waals surface area (Å²) in [5, 5.41) is 1.93. The van der Waals surface area contributed by atoms with E-state index in [0.29, 0.717) is 32.1 Å². The number of piperazine rings is 1. The first kappa shape index (κ1) is 13.3. The molecule has 5 heteroatoms. The minimum absolute atomic E-state index is 0.110. The predicted octanol–water partition coefficient (Wildman–Crippen LogP) is 2.08. The Hall–Kier alpha value is -1.36. The van der Waals surface area contributed by atoms with Gasteiger partial charge in [0.05, 0.1) is 4.88 Å². The van der Waals surface area contributed by atoms with E-state index in [4.69, 9.17) is 0 Å². The summed E-state index contributed by atoms with van der Waals surface area (Å²) in [5.41, 5.74) is 0. The molecule has 2 unspecified atom stereocenters. The van der Waals surface area contributed by atoms with Crippen LogP contribution in [0, 0.1) is 17.8 Å². The lowest BCUT2D eigenvalue weighted by Gasteiger charge is -2.36. The van der Waals surface area contributed by atoms with Gasteiger partial charge in [0, 0.05) is 32.1 Å². The maximum atomic E-state index is 12.5. The van der Waals surface area contributed by atoms with E-state index in [1.807, 2.05) is 27.3 Å². The van der Waals surface area contributed by atoms with Crippen LogP contribution < -0.4 is 0 Å². The quantitative estimate of drug-likeness (QED) is 0.839. The molecule has 4 nitrogen and oxygen atoms in total. The molecule has 4 rings (SSSR count). The highest BCUT2D eigenvalue weighted by atomic mass is 32.1. The van der Waals surface area contributed by atoms with Crippen LogP contribution >= 0.6 is 11.3 Å². The maximum absolute atomic E-state index is 12.5. The summed E-state index contributed by atoms with van der Waals surface area (Å²) in [6, 6.07) is 3.78. The topological polar surface area (TPSA) is 40.6 Å². The van der Waals surface area contributed by atoms with Crippen molar-refractivity contribution in [2.45, 2.75) is 19.3 Å². The molecule has 0 N–H and O–H groups in total. The Balaban J connectivity index is 1.32. The van der Waals surface area contributed by atoms with Gasteiger partial charge in [-0.05, 0) is 42.5 Å². The highest BCUT2D eigenvalue weighted by Gasteiger charge is 2.48. The number of carbonyl (C=O) groups is 2. The van der Waals surface area contributed by atoms with E-state index in [0.717, 1.165) is 29.6 Å². The van der Waals surface area contributed by atoms with Gasteiger partial charge in [-0.2, -0.15) is 0 Å². The fraction of sp³-hybridized carbons (Fsp3) is 0.625. The third-order valence-electron chi connectivity index (χ3n) is 5.20. The van der Waals surface area contributed by atoms with Gasteiger partial charge in [0.15, 0.2) is 0 Å². The summed E-state index contributed by atoms with van der Waals surface area (Å²) in [6.45, 7) is 2.73. The molecule has 0 radical (unpaired) electrons. The van der Waals surface area contributed by atoms with E-state index in [-0.39, 0.29) is 11.8 Å². The van der Waals surface area contributed by atoms with Crippen molar-refractivity contribution in [1.29, 1.82) is 0 Å². The number of rotatable bonds is 2. The summed E-state index contributed by atoms with van der Waals surface area (Å²) in [6.07, 6.45) is 3.57. The zero-order chi connectivity index (χ0) is 14.4. The van der Waals surface area contributed by atoms with E-state index >= 15 is 0 Å². The molecule has 21 heavy (non-hydrogen) atoms. The normalized spacial score (nSPS) is 31.1. The average molecular weight is 304 g/mol. The number of thiophene rings is 1. The van der Waals surface area contributed by atoms with E-state index < -0.39 is 0 Å². The first-order valence-corrected chi connectivity index (χ1v) is 8.72. The Morgan fingerprint density at radius 3 is 2.29 bits per heavy atom. The third-order valence-corrected chi connectivity index (χ3v) is 6.06. The molecule has 2 heterocycles. The van der Waals surface area contributed by atoms with Crippen LogP contribution in [-0.4, -0.2) is 47.8 Å². The maximum Gasteiger partial charge on any atom is 0.264 e. The second-order valence-electron chi connectivity index (χ2n) is 6.52. The predicted molar refractivity (Wildman–Crippen MR) is 81.1 cm³/mol. The molecule has 1 aromatic heterocycles. The van der Waals surface area contributed by atoms with Crippen molar-refractivity contribution in [2.24, 2.45) is 17.8 Å². The standard InChI is InChI=1S/C16H20N2O2S/c19-15(13-9-11-8-12(11)10-13)17-3-5-18(6-4-17)16(20)14-2-1-7-21-14/h1-2,7,11-13H,3-6,8-10H2. The number of fused-ring (bicyclic) bond motifs is 1. The second kappa shape index (κ2) is 5.13. The fourth-order valence-corrected chi connectivity index (χ4v) is 4.55. The first-order valence-electron chi connectivity index (χ1n) is 7.84. The van der Waals surface area contributed by atoms with Crippen molar-refractivity contribution in [3.05, 3.63) is 22.4 Å². The molecular formula is C16H20N2O2S. The van der Waals surface area contributed by atoms with Crippen LogP contribution in [-0.2, 0) is 4.79 Å². The molecular weight excluding hydrogens is 284 g/mol. The van der Waals surface area contributed by atoms with E-state index in [1.54, 1.807) is 0 Å². The van der Waals surface area contributed by atoms with Crippen molar-refractivity contribution in [3.8, 4) is 0 Å². The molecule has 1 aliphatic heterocycles. The van der Waals surface area contributed by atoms with Crippen LogP contribution in [0.4, 0.5) is 0 Å². The van der Waals surface area contributed by atoms with Gasteiger partial charge < -0.3 is 9.80 Å². The number of carbonyl (C=O) groups excluding carboxylic acids is 2. The molecule has 1 aromatic rings. The smallest absolute Gasteiger partial charge is 0.264 e. The Morgan fingerprint density at radius 1 is 1.00 bits per heavy atom. The zero-order valence-corrected chi connectivity index (χ0v) is 12.8. The lowest BCUT2D eigenvalue weighted by molar-refractivity contribution is -0.137. The second-order valence-corrected chi connectivity index (χ2v) is 7.47. The Bertz CT molecular complexity index is 539. The van der Waals surface area contributed by atoms with Gasteiger partial charge in [0.25, 0.3) is 5.91 Å². The summed E-state index contributed by atoms with van der Waals surface area (Å²) in [4.78, 5) is 29.4. The number of hydrogen-bond acceptors (Lipinski definition) is 3. The van der Waals surface area contributed by atoms with Crippen molar-refractivity contribution < 1.29 is 9.59 Å². The number of amides is 2. The minimum atomic E-state index is 0.110. The summed E-state index contributed by atoms with van der Waals surface area (Å²) < 4.78 is 0. The lowest BCUT2D eigenvalue weighted by Crippen LogP contribution is -2.51. The first-order chi connectivity index (χ1) is 10.2. The Labute approximate surface area is 128 Å². The molecule has 0 spiro atoms. The van der Waals surface area contributed by atoms with Gasteiger partial charge in [-0.15, -0.1) is 11.3 Å². The average Bonchev–Trinajstić information content (AvgIpc) is 2.97. The van der Waals surface area contributed by atoms with Crippen molar-refractivity contribution >= 4 is 23.2 Å². The van der Waals surface area contributed by atoms with Crippen LogP contribution in [0.5, 0.6) is 0 Å². The van der Waals surface area contributed by atoms with Gasteiger partial charge >= 0.3 is 0 Å². The van der Waals surface area contributed by atoms with E-state index in [9.17, 15) is 9.59 Å². The summed E-state index contributed by atoms with van der Waals surface area (Å²) in [7, 11) is 0. The molecule has 3 aliphatic rings. The van der Waals surface area contributed by atoms with Crippen LogP contribution in [0.25, 0.3) is 0 Å². The minimum Gasteiger partial charge on any atom is -0.339 e. The third kappa shape index (κ3) is 2.48. The van der Waals surface area contributed by atoms with Crippen LogP contribution in [0.2, 0.25) is 0 Å². The Kier molecular flexibility index (Phi) is 3.25. The number of nitrogens with zero attached hydrogens (tertiary/aromatic N) is 2. The molecule has 1 saturated heterocycles. The molecule has 2 aliphatic carbocycles.